The lowest BCUT2D eigenvalue weighted by molar-refractivity contribution is 0.147. The van der Waals surface area contributed by atoms with E-state index in [9.17, 15) is 9.59 Å². The molecule has 2 aromatic heterocycles. The first-order chi connectivity index (χ1) is 13.9. The number of nitrogens with zero attached hydrogens (tertiary/aromatic N) is 5. The zero-order chi connectivity index (χ0) is 20.7. The largest absolute Gasteiger partial charge is 0.332 e. The Kier molecular flexibility index (Phi) is 5.17. The molecule has 0 aliphatic carbocycles. The molecule has 0 radical (unpaired) electrons. The van der Waals surface area contributed by atoms with Gasteiger partial charge in [-0.05, 0) is 38.8 Å². The molecule has 4 rings (SSSR count). The van der Waals surface area contributed by atoms with Crippen LogP contribution in [0.2, 0.25) is 0 Å². The van der Waals surface area contributed by atoms with E-state index in [-0.39, 0.29) is 11.2 Å². The first kappa shape index (κ1) is 19.6. The topological polar surface area (TPSA) is 65.1 Å². The van der Waals surface area contributed by atoms with Gasteiger partial charge >= 0.3 is 5.69 Å². The molecule has 1 aliphatic heterocycles. The summed E-state index contributed by atoms with van der Waals surface area (Å²) in [4.78, 5) is 32.7. The van der Waals surface area contributed by atoms with Crippen molar-refractivity contribution in [3.8, 4) is 0 Å². The average molecular weight is 396 g/mol. The summed E-state index contributed by atoms with van der Waals surface area (Å²) in [5, 5.41) is 0. The Bertz CT molecular complexity index is 1170. The van der Waals surface area contributed by atoms with Crippen molar-refractivity contribution in [2.24, 2.45) is 14.1 Å². The van der Waals surface area contributed by atoms with Crippen LogP contribution in [0.15, 0.2) is 33.9 Å². The zero-order valence-electron chi connectivity index (χ0n) is 17.7. The lowest BCUT2D eigenvalue weighted by Crippen LogP contribution is -2.38. The van der Waals surface area contributed by atoms with Crippen LogP contribution in [0.3, 0.4) is 0 Å². The first-order valence-corrected chi connectivity index (χ1v) is 10.3. The summed E-state index contributed by atoms with van der Waals surface area (Å²) in [7, 11) is 3.21. The van der Waals surface area contributed by atoms with Crippen LogP contribution in [0.4, 0.5) is 0 Å². The zero-order valence-corrected chi connectivity index (χ0v) is 17.7. The number of hydrogen-bond acceptors (Lipinski definition) is 4. The Morgan fingerprint density at radius 2 is 1.90 bits per heavy atom. The Labute approximate surface area is 170 Å². The molecule has 3 heterocycles. The van der Waals surface area contributed by atoms with Crippen LogP contribution in [0.25, 0.3) is 11.2 Å². The van der Waals surface area contributed by atoms with E-state index < -0.39 is 0 Å². The fraction of sp³-hybridized carbons (Fsp3) is 0.500. The van der Waals surface area contributed by atoms with Crippen molar-refractivity contribution in [2.75, 3.05) is 6.54 Å². The van der Waals surface area contributed by atoms with Gasteiger partial charge in [-0.3, -0.25) is 18.8 Å². The second-order valence-electron chi connectivity index (χ2n) is 8.30. The lowest BCUT2D eigenvalue weighted by atomic mass is 10.0. The van der Waals surface area contributed by atoms with Crippen molar-refractivity contribution in [3.05, 3.63) is 62.1 Å². The highest BCUT2D eigenvalue weighted by Gasteiger charge is 2.24. The van der Waals surface area contributed by atoms with Gasteiger partial charge in [0.25, 0.3) is 5.56 Å². The van der Waals surface area contributed by atoms with E-state index in [2.05, 4.69) is 36.9 Å². The van der Waals surface area contributed by atoms with Gasteiger partial charge in [0.05, 0.1) is 6.54 Å². The Morgan fingerprint density at radius 1 is 1.10 bits per heavy atom. The van der Waals surface area contributed by atoms with Crippen LogP contribution >= 0.6 is 0 Å². The number of rotatable bonds is 4. The van der Waals surface area contributed by atoms with E-state index in [1.54, 1.807) is 7.05 Å². The summed E-state index contributed by atoms with van der Waals surface area (Å²) in [5.41, 5.74) is 2.62. The van der Waals surface area contributed by atoms with Gasteiger partial charge in [-0.2, -0.15) is 0 Å². The highest BCUT2D eigenvalue weighted by molar-refractivity contribution is 5.71. The Hall–Kier alpha value is -2.67. The maximum Gasteiger partial charge on any atom is 0.332 e. The lowest BCUT2D eigenvalue weighted by Gasteiger charge is -2.33. The average Bonchev–Trinajstić information content (AvgIpc) is 3.05. The predicted molar refractivity (Wildman–Crippen MR) is 114 cm³/mol. The summed E-state index contributed by atoms with van der Waals surface area (Å²) in [5.74, 6) is 0.841. The number of aryl methyl sites for hydroxylation is 2. The van der Waals surface area contributed by atoms with Crippen LogP contribution in [-0.2, 0) is 27.2 Å². The van der Waals surface area contributed by atoms with Crippen molar-refractivity contribution in [2.45, 2.75) is 52.2 Å². The molecule has 1 fully saturated rings. The molecule has 29 heavy (non-hydrogen) atoms. The molecule has 1 aromatic carbocycles. The fourth-order valence-electron chi connectivity index (χ4n) is 4.35. The molecule has 1 saturated heterocycles. The molecule has 0 spiro atoms. The van der Waals surface area contributed by atoms with E-state index in [4.69, 9.17) is 4.98 Å². The molecule has 7 nitrogen and oxygen atoms in total. The van der Waals surface area contributed by atoms with Crippen LogP contribution in [0.5, 0.6) is 0 Å². The summed E-state index contributed by atoms with van der Waals surface area (Å²) in [6.45, 7) is 6.59. The van der Waals surface area contributed by atoms with E-state index in [1.165, 1.54) is 41.0 Å². The molecule has 3 aromatic rings. The third kappa shape index (κ3) is 3.55. The molecule has 0 unspecified atom stereocenters. The number of imidazole rings is 1. The van der Waals surface area contributed by atoms with Crippen molar-refractivity contribution in [1.29, 1.82) is 0 Å². The van der Waals surface area contributed by atoms with Gasteiger partial charge in [0.2, 0.25) is 0 Å². The van der Waals surface area contributed by atoms with E-state index >= 15 is 0 Å². The first-order valence-electron chi connectivity index (χ1n) is 10.3. The molecule has 7 heteroatoms. The van der Waals surface area contributed by atoms with Gasteiger partial charge in [-0.25, -0.2) is 9.78 Å². The monoisotopic (exact) mass is 395 g/mol. The second kappa shape index (κ2) is 7.63. The number of aromatic nitrogens is 4. The molecule has 154 valence electrons. The molecular formula is C22H29N5O2. The number of likely N-dealkylation sites (tertiary alicyclic amines) is 1. The van der Waals surface area contributed by atoms with Crippen molar-refractivity contribution in [3.63, 3.8) is 0 Å². The molecule has 1 aliphatic rings. The van der Waals surface area contributed by atoms with Crippen LogP contribution in [0.1, 0.15) is 43.1 Å². The second-order valence-corrected chi connectivity index (χ2v) is 8.30. The summed E-state index contributed by atoms with van der Waals surface area (Å²) >= 11 is 0. The molecular weight excluding hydrogens is 366 g/mol. The Morgan fingerprint density at radius 3 is 2.62 bits per heavy atom. The van der Waals surface area contributed by atoms with Gasteiger partial charge in [-0.1, -0.05) is 36.2 Å². The highest BCUT2D eigenvalue weighted by atomic mass is 16.2. The van der Waals surface area contributed by atoms with Crippen molar-refractivity contribution < 1.29 is 0 Å². The van der Waals surface area contributed by atoms with Gasteiger partial charge < -0.3 is 4.57 Å². The minimum atomic E-state index is -0.347. The maximum atomic E-state index is 13.0. The number of benzene rings is 1. The van der Waals surface area contributed by atoms with Gasteiger partial charge in [0.1, 0.15) is 5.82 Å². The number of hydrogen-bond donors (Lipinski definition) is 0. The fourth-order valence-corrected chi connectivity index (χ4v) is 4.35. The molecule has 0 saturated carbocycles. The van der Waals surface area contributed by atoms with Crippen LogP contribution < -0.4 is 11.2 Å². The summed E-state index contributed by atoms with van der Waals surface area (Å²) in [6, 6.07) is 8.78. The molecule has 1 atom stereocenters. The smallest absolute Gasteiger partial charge is 0.317 e. The van der Waals surface area contributed by atoms with E-state index in [0.29, 0.717) is 30.3 Å². The standard InChI is InChI=1S/C22H29N5O2/c1-15-8-7-10-17(12-15)13-27-18(14-26-11-6-5-9-16(26)2)23-20-19(27)21(28)25(4)22(29)24(20)3/h7-8,10,12,16H,5-6,9,11,13-14H2,1-4H3/t16-/m1/s1. The number of fused-ring (bicyclic) bond motifs is 1. The van der Waals surface area contributed by atoms with Gasteiger partial charge in [-0.15, -0.1) is 0 Å². The van der Waals surface area contributed by atoms with Crippen molar-refractivity contribution >= 4 is 11.2 Å². The van der Waals surface area contributed by atoms with E-state index in [0.717, 1.165) is 17.9 Å². The Balaban J connectivity index is 1.89. The maximum absolute atomic E-state index is 13.0. The van der Waals surface area contributed by atoms with Crippen LogP contribution in [-0.4, -0.2) is 36.2 Å². The quantitative estimate of drug-likeness (QED) is 0.679. The minimum Gasteiger partial charge on any atom is -0.317 e. The SMILES string of the molecule is Cc1cccc(Cn2c(CN3CCCC[C@H]3C)nc3c2c(=O)n(C)c(=O)n3C)c1. The van der Waals surface area contributed by atoms with Crippen molar-refractivity contribution in [1.82, 2.24) is 23.6 Å². The normalized spacial score (nSPS) is 17.9. The van der Waals surface area contributed by atoms with Crippen LogP contribution in [0, 0.1) is 6.92 Å². The van der Waals surface area contributed by atoms with Gasteiger partial charge in [0, 0.05) is 26.7 Å². The molecule has 0 amide bonds. The summed E-state index contributed by atoms with van der Waals surface area (Å²) in [6.07, 6.45) is 3.62. The molecule has 0 N–H and O–H groups in total. The van der Waals surface area contributed by atoms with E-state index in [1.807, 2.05) is 10.6 Å². The molecule has 0 bridgehead atoms. The third-order valence-corrected chi connectivity index (χ3v) is 6.14. The minimum absolute atomic E-state index is 0.291. The highest BCUT2D eigenvalue weighted by Crippen LogP contribution is 2.21. The third-order valence-electron chi connectivity index (χ3n) is 6.14. The van der Waals surface area contributed by atoms with Gasteiger partial charge in [0.15, 0.2) is 11.2 Å². The number of piperidine rings is 1. The predicted octanol–water partition coefficient (Wildman–Crippen LogP) is 2.16. The summed E-state index contributed by atoms with van der Waals surface area (Å²) < 4.78 is 4.66.